The molecular formula is C29H19F42NOSi. The molecule has 0 spiro atoms. The minimum Gasteiger partial charge on any atom is -0.348 e. The van der Waals surface area contributed by atoms with Crippen LogP contribution >= 0.6 is 0 Å². The highest BCUT2D eigenvalue weighted by molar-refractivity contribution is 6.79. The molecule has 0 aromatic carbocycles. The second-order valence-corrected chi connectivity index (χ2v) is 20.4. The van der Waals surface area contributed by atoms with E-state index in [-0.39, 0.29) is 0 Å². The molecule has 0 aliphatic rings. The Bertz CT molecular complexity index is 1730. The van der Waals surface area contributed by atoms with Gasteiger partial charge in [-0.25, -0.2) is 0 Å². The maximum atomic E-state index is 14.9. The molecule has 0 saturated heterocycles. The Labute approximate surface area is 379 Å². The van der Waals surface area contributed by atoms with E-state index in [2.05, 4.69) is 0 Å². The summed E-state index contributed by atoms with van der Waals surface area (Å²) in [4.78, 5) is 11.1. The van der Waals surface area contributed by atoms with E-state index in [1.165, 1.54) is 0 Å². The summed E-state index contributed by atoms with van der Waals surface area (Å²) in [7, 11) is -7.15. The van der Waals surface area contributed by atoms with Crippen molar-refractivity contribution >= 4 is 14.0 Å². The van der Waals surface area contributed by atoms with Crippen LogP contribution in [0.25, 0.3) is 0 Å². The maximum Gasteiger partial charge on any atom is 0.471 e. The lowest BCUT2D eigenvalue weighted by Crippen LogP contribution is -2.70. The fraction of sp³-hybridized carbons (Fsp3) is 0.966. The molecule has 0 atom stereocenters. The van der Waals surface area contributed by atoms with Crippen molar-refractivity contribution in [3.05, 3.63) is 0 Å². The van der Waals surface area contributed by atoms with E-state index >= 15 is 0 Å². The zero-order valence-electron chi connectivity index (χ0n) is 33.6. The molecule has 0 unspecified atom stereocenters. The number of nitrogens with one attached hydrogen (secondary N) is 1. The summed E-state index contributed by atoms with van der Waals surface area (Å²) < 4.78 is 575. The highest BCUT2D eigenvalue weighted by atomic mass is 28.3. The van der Waals surface area contributed by atoms with Crippen molar-refractivity contribution in [2.24, 2.45) is 0 Å². The van der Waals surface area contributed by atoms with Gasteiger partial charge in [0.25, 0.3) is 0 Å². The van der Waals surface area contributed by atoms with Crippen LogP contribution in [0.15, 0.2) is 0 Å². The van der Waals surface area contributed by atoms with Crippen molar-refractivity contribution < 1.29 is 189 Å². The molecule has 0 heterocycles. The Morgan fingerprint density at radius 2 is 0.459 bits per heavy atom. The molecule has 74 heavy (non-hydrogen) atoms. The number of carbonyl (C=O) groups is 1. The highest BCUT2D eigenvalue weighted by Gasteiger charge is 2.93. The van der Waals surface area contributed by atoms with Crippen LogP contribution in [0.2, 0.25) is 24.2 Å². The van der Waals surface area contributed by atoms with E-state index in [1.807, 2.05) is 0 Å². The Kier molecular flexibility index (Phi) is 18.7. The molecule has 0 radical (unpaired) electrons. The van der Waals surface area contributed by atoms with Gasteiger partial charge in [-0.2, -0.15) is 184 Å². The number of halogens is 42. The Balaban J connectivity index is 8.50. The molecule has 0 saturated carbocycles. The Morgan fingerprint density at radius 1 is 0.270 bits per heavy atom. The monoisotopic (exact) mass is 1220 g/mol. The first kappa shape index (κ1) is 70.7. The molecule has 0 aromatic rings. The molecule has 444 valence electrons. The molecule has 1 amide bonds. The number of rotatable bonds is 25. The Hall–Kier alpha value is -3.25. The lowest BCUT2D eigenvalue weighted by atomic mass is 9.93. The molecule has 0 bridgehead atoms. The topological polar surface area (TPSA) is 29.1 Å². The number of hydrogen-bond donors (Lipinski definition) is 1. The second kappa shape index (κ2) is 19.6. The number of hydrogen-bond acceptors (Lipinski definition) is 1. The van der Waals surface area contributed by atoms with Crippen LogP contribution in [0.5, 0.6) is 0 Å². The van der Waals surface area contributed by atoms with E-state index in [4.69, 9.17) is 0 Å². The normalized spacial score (nSPS) is 16.5. The van der Waals surface area contributed by atoms with E-state index in [1.54, 1.807) is 0 Å². The highest BCUT2D eigenvalue weighted by Crippen LogP contribution is 2.65. The van der Waals surface area contributed by atoms with Crippen LogP contribution < -0.4 is 5.32 Å². The summed E-state index contributed by atoms with van der Waals surface area (Å²) in [6, 6.07) is -13.1. The van der Waals surface area contributed by atoms with Crippen LogP contribution in [0, 0.1) is 0 Å². The van der Waals surface area contributed by atoms with Gasteiger partial charge in [-0.05, 0) is 6.42 Å². The largest absolute Gasteiger partial charge is 0.471 e. The van der Waals surface area contributed by atoms with E-state index < -0.39 is 184 Å². The fourth-order valence-corrected chi connectivity index (χ4v) is 10.6. The molecular weight excluding hydrogens is 1200 g/mol. The average Bonchev–Trinajstić information content (AvgIpc) is 3.17. The van der Waals surface area contributed by atoms with Gasteiger partial charge in [0.05, 0.1) is 8.07 Å². The van der Waals surface area contributed by atoms with Gasteiger partial charge in [-0.15, -0.1) is 0 Å². The quantitative estimate of drug-likeness (QED) is 0.0551. The van der Waals surface area contributed by atoms with Crippen molar-refractivity contribution in [3.63, 3.8) is 0 Å². The lowest BCUT2D eigenvalue weighted by molar-refractivity contribution is -0.440. The minimum absolute atomic E-state index is 0.491. The van der Waals surface area contributed by atoms with Crippen molar-refractivity contribution in [1.29, 1.82) is 0 Å². The van der Waals surface area contributed by atoms with E-state index in [0.717, 1.165) is 0 Å². The van der Waals surface area contributed by atoms with Gasteiger partial charge < -0.3 is 5.32 Å². The average molecular weight is 1220 g/mol. The molecule has 0 aliphatic carbocycles. The van der Waals surface area contributed by atoms with Gasteiger partial charge in [0, 0.05) is 25.8 Å². The lowest BCUT2D eigenvalue weighted by Gasteiger charge is -2.43. The first-order valence-corrected chi connectivity index (χ1v) is 20.5. The third kappa shape index (κ3) is 11.3. The summed E-state index contributed by atoms with van der Waals surface area (Å²) in [5.41, 5.74) is 0. The zero-order chi connectivity index (χ0) is 60.6. The summed E-state index contributed by atoms with van der Waals surface area (Å²) in [6.07, 6.45) is -45.8. The standard InChI is InChI=1S/C29H19F42NOSi/c30-11(31,15(39,40)18(45,46)21(51,52)24(57,58)27(63,64)65)2-7-74(6-1-5-72-10(73)14(36,37)38,8-3-12(32,33)16(41,42)19(47,48)22(53,54)25(59,60)28(66,67)68)9-4-13(34,35)17(43,44)20(49,50)23(55,56)26(61,62)29(69,70)71/h1-9H2,(H,72,73). The third-order valence-corrected chi connectivity index (χ3v) is 15.7. The van der Waals surface area contributed by atoms with Crippen molar-refractivity contribution in [2.75, 3.05) is 6.54 Å². The van der Waals surface area contributed by atoms with Crippen LogP contribution in [0.4, 0.5) is 184 Å². The van der Waals surface area contributed by atoms with Gasteiger partial charge in [-0.3, -0.25) is 4.79 Å². The number of carbonyl (C=O) groups excluding carboxylic acids is 1. The number of amides is 1. The van der Waals surface area contributed by atoms with Crippen LogP contribution in [-0.2, 0) is 4.79 Å². The van der Waals surface area contributed by atoms with Gasteiger partial charge in [0.1, 0.15) is 0 Å². The molecule has 0 fully saturated rings. The van der Waals surface area contributed by atoms with Gasteiger partial charge in [0.2, 0.25) is 0 Å². The Morgan fingerprint density at radius 3 is 0.635 bits per heavy atom. The van der Waals surface area contributed by atoms with Gasteiger partial charge in [0.15, 0.2) is 0 Å². The first-order chi connectivity index (χ1) is 31.5. The van der Waals surface area contributed by atoms with E-state index in [9.17, 15) is 189 Å². The number of alkyl halides is 42. The van der Waals surface area contributed by atoms with Crippen molar-refractivity contribution in [1.82, 2.24) is 5.32 Å². The molecule has 0 rings (SSSR count). The predicted molar refractivity (Wildman–Crippen MR) is 155 cm³/mol. The molecule has 2 nitrogen and oxygen atoms in total. The summed E-state index contributed by atoms with van der Waals surface area (Å²) in [5.74, 6) is -133. The predicted octanol–water partition coefficient (Wildman–Crippen LogP) is 15.9. The van der Waals surface area contributed by atoms with Crippen molar-refractivity contribution in [3.8, 4) is 0 Å². The molecule has 45 heteroatoms. The minimum atomic E-state index is -9.00. The zero-order valence-corrected chi connectivity index (χ0v) is 34.6. The summed E-state index contributed by atoms with van der Waals surface area (Å²) in [6.45, 7) is -2.19. The van der Waals surface area contributed by atoms with Crippen LogP contribution in [0.1, 0.15) is 25.7 Å². The summed E-state index contributed by atoms with van der Waals surface area (Å²) in [5, 5.41) is 0.491. The van der Waals surface area contributed by atoms with Crippen molar-refractivity contribution in [2.45, 2.75) is 163 Å². The molecule has 0 aliphatic heterocycles. The molecule has 0 aromatic heterocycles. The van der Waals surface area contributed by atoms with Gasteiger partial charge >= 0.3 is 119 Å². The SMILES string of the molecule is O=C(NCCC[Si](CCC(F)(F)C(F)(F)C(F)(F)C(F)(F)C(F)(F)C(F)(F)F)(CCC(F)(F)C(F)(F)C(F)(F)C(F)(F)C(F)(F)C(F)(F)F)CCC(F)(F)C(F)(F)C(F)(F)C(F)(F)C(F)(F)C(F)(F)F)C(F)(F)F. The second-order valence-electron chi connectivity index (χ2n) is 15.4. The van der Waals surface area contributed by atoms with Crippen LogP contribution in [0.3, 0.4) is 0 Å². The van der Waals surface area contributed by atoms with E-state index in [0.29, 0.717) is 5.32 Å². The smallest absolute Gasteiger partial charge is 0.348 e. The van der Waals surface area contributed by atoms with Gasteiger partial charge in [-0.1, -0.05) is 24.2 Å². The van der Waals surface area contributed by atoms with Crippen LogP contribution in [-0.4, -0.2) is 134 Å². The third-order valence-electron chi connectivity index (χ3n) is 10.3. The molecule has 1 N–H and O–H groups in total. The maximum absolute atomic E-state index is 14.9. The first-order valence-electron chi connectivity index (χ1n) is 17.7. The fourth-order valence-electron chi connectivity index (χ4n) is 5.66. The summed E-state index contributed by atoms with van der Waals surface area (Å²) >= 11 is 0.